The van der Waals surface area contributed by atoms with E-state index in [9.17, 15) is 14.2 Å². The fourth-order valence-corrected chi connectivity index (χ4v) is 1.30. The summed E-state index contributed by atoms with van der Waals surface area (Å²) in [7, 11) is 0. The monoisotopic (exact) mass is 208 g/mol. The van der Waals surface area contributed by atoms with Crippen molar-refractivity contribution in [2.45, 2.75) is 20.7 Å². The van der Waals surface area contributed by atoms with Crippen LogP contribution in [0.15, 0.2) is 18.2 Å². The van der Waals surface area contributed by atoms with E-state index in [1.807, 2.05) is 0 Å². The van der Waals surface area contributed by atoms with Crippen LogP contribution in [0, 0.1) is 11.7 Å². The molecule has 0 saturated carbocycles. The van der Waals surface area contributed by atoms with Crippen LogP contribution in [-0.4, -0.2) is 17.7 Å². The van der Waals surface area contributed by atoms with Crippen molar-refractivity contribution in [3.05, 3.63) is 29.6 Å². The molecule has 0 spiro atoms. The van der Waals surface area contributed by atoms with Gasteiger partial charge in [-0.05, 0) is 17.6 Å². The third-order valence-electron chi connectivity index (χ3n) is 2.27. The molecule has 0 amide bonds. The van der Waals surface area contributed by atoms with Crippen LogP contribution in [0.1, 0.15) is 24.2 Å². The molecular formula is C11H14BFO2. The topological polar surface area (TPSA) is 37.3 Å². The number of ketones is 1. The van der Waals surface area contributed by atoms with E-state index in [1.54, 1.807) is 26.7 Å². The third-order valence-corrected chi connectivity index (χ3v) is 2.27. The average Bonchev–Trinajstić information content (AvgIpc) is 2.16. The smallest absolute Gasteiger partial charge is 0.320 e. The van der Waals surface area contributed by atoms with E-state index in [4.69, 9.17) is 0 Å². The minimum atomic E-state index is -0.720. The molecule has 0 heterocycles. The normalized spacial score (nSPS) is 10.5. The lowest BCUT2D eigenvalue weighted by molar-refractivity contribution is 0.0935. The second kappa shape index (κ2) is 4.58. The largest absolute Gasteiger partial charge is 0.446 e. The molecule has 80 valence electrons. The van der Waals surface area contributed by atoms with Gasteiger partial charge in [0.05, 0.1) is 5.56 Å². The van der Waals surface area contributed by atoms with E-state index in [2.05, 4.69) is 0 Å². The highest BCUT2D eigenvalue weighted by Gasteiger charge is 2.17. The van der Waals surface area contributed by atoms with E-state index >= 15 is 0 Å². The number of halogens is 1. The van der Waals surface area contributed by atoms with E-state index in [1.165, 1.54) is 12.1 Å². The number of hydrogen-bond acceptors (Lipinski definition) is 2. The Hall–Kier alpha value is -1.16. The summed E-state index contributed by atoms with van der Waals surface area (Å²) >= 11 is 0. The van der Waals surface area contributed by atoms with Gasteiger partial charge in [-0.25, -0.2) is 4.39 Å². The Bertz CT molecular complexity index is 375. The molecule has 1 rings (SSSR count). The first-order chi connectivity index (χ1) is 6.93. The summed E-state index contributed by atoms with van der Waals surface area (Å²) in [4.78, 5) is 11.5. The second-order valence-electron chi connectivity index (χ2n) is 3.93. The lowest BCUT2D eigenvalue weighted by Gasteiger charge is -2.07. The number of carbonyl (C=O) groups excluding carboxylic acids is 1. The van der Waals surface area contributed by atoms with Crippen LogP contribution >= 0.6 is 0 Å². The average molecular weight is 208 g/mol. The molecule has 15 heavy (non-hydrogen) atoms. The Balaban J connectivity index is 3.08. The van der Waals surface area contributed by atoms with Gasteiger partial charge in [0.2, 0.25) is 0 Å². The zero-order chi connectivity index (χ0) is 11.6. The molecule has 0 fully saturated rings. The third kappa shape index (κ3) is 2.66. The van der Waals surface area contributed by atoms with Gasteiger partial charge >= 0.3 is 6.92 Å². The predicted octanol–water partition coefficient (Wildman–Crippen LogP) is 1.49. The Labute approximate surface area is 89.2 Å². The van der Waals surface area contributed by atoms with Crippen molar-refractivity contribution in [1.29, 1.82) is 0 Å². The van der Waals surface area contributed by atoms with Crippen LogP contribution in [0.4, 0.5) is 4.39 Å². The van der Waals surface area contributed by atoms with Gasteiger partial charge in [-0.2, -0.15) is 0 Å². The van der Waals surface area contributed by atoms with Crippen LogP contribution in [0.25, 0.3) is 0 Å². The van der Waals surface area contributed by atoms with Crippen LogP contribution in [0.5, 0.6) is 0 Å². The van der Waals surface area contributed by atoms with Gasteiger partial charge in [-0.3, -0.25) is 4.79 Å². The maximum absolute atomic E-state index is 13.5. The van der Waals surface area contributed by atoms with Crippen molar-refractivity contribution in [3.8, 4) is 0 Å². The van der Waals surface area contributed by atoms with Crippen molar-refractivity contribution in [2.75, 3.05) is 0 Å². The van der Waals surface area contributed by atoms with E-state index in [-0.39, 0.29) is 17.3 Å². The van der Waals surface area contributed by atoms with Crippen molar-refractivity contribution in [1.82, 2.24) is 0 Å². The Kier molecular flexibility index (Phi) is 3.64. The fourth-order valence-electron chi connectivity index (χ4n) is 1.30. The minimum Gasteiger partial charge on any atom is -0.446 e. The highest BCUT2D eigenvalue weighted by molar-refractivity contribution is 6.64. The molecule has 0 saturated heterocycles. The molecule has 1 aromatic carbocycles. The summed E-state index contributed by atoms with van der Waals surface area (Å²) in [5.74, 6) is -1.01. The SMILES string of the molecule is CB(O)c1ccc(C(=O)C(C)C)c(F)c1. The molecule has 0 radical (unpaired) electrons. The lowest BCUT2D eigenvalue weighted by atomic mass is 9.64. The van der Waals surface area contributed by atoms with Gasteiger partial charge in [0, 0.05) is 5.92 Å². The Morgan fingerprint density at radius 3 is 2.47 bits per heavy atom. The summed E-state index contributed by atoms with van der Waals surface area (Å²) in [6.45, 7) is 4.29. The van der Waals surface area contributed by atoms with E-state index in [0.29, 0.717) is 5.46 Å². The van der Waals surface area contributed by atoms with Crippen LogP contribution < -0.4 is 5.46 Å². The maximum atomic E-state index is 13.5. The second-order valence-corrected chi connectivity index (χ2v) is 3.93. The number of hydrogen-bond donors (Lipinski definition) is 1. The Morgan fingerprint density at radius 1 is 1.47 bits per heavy atom. The Morgan fingerprint density at radius 2 is 2.07 bits per heavy atom. The summed E-state index contributed by atoms with van der Waals surface area (Å²) in [5, 5.41) is 9.24. The summed E-state index contributed by atoms with van der Waals surface area (Å²) in [5.41, 5.74) is 0.571. The molecule has 0 aliphatic heterocycles. The summed E-state index contributed by atoms with van der Waals surface area (Å²) in [6.07, 6.45) is 0. The fraction of sp³-hybridized carbons (Fsp3) is 0.364. The molecule has 0 aliphatic carbocycles. The number of Topliss-reactive ketones (excluding diaryl/α,β-unsaturated/α-hetero) is 1. The van der Waals surface area contributed by atoms with Crippen LogP contribution in [-0.2, 0) is 0 Å². The van der Waals surface area contributed by atoms with E-state index < -0.39 is 12.7 Å². The van der Waals surface area contributed by atoms with Gasteiger partial charge in [-0.15, -0.1) is 0 Å². The van der Waals surface area contributed by atoms with Crippen LogP contribution in [0.2, 0.25) is 6.82 Å². The van der Waals surface area contributed by atoms with Crippen molar-refractivity contribution < 1.29 is 14.2 Å². The maximum Gasteiger partial charge on any atom is 0.320 e. The predicted molar refractivity (Wildman–Crippen MR) is 59.0 cm³/mol. The van der Waals surface area contributed by atoms with Gasteiger partial charge in [-0.1, -0.05) is 26.7 Å². The molecule has 0 unspecified atom stereocenters. The quantitative estimate of drug-likeness (QED) is 0.603. The molecular weight excluding hydrogens is 194 g/mol. The molecule has 0 aromatic heterocycles. The molecule has 1 aromatic rings. The molecule has 2 nitrogen and oxygen atoms in total. The van der Waals surface area contributed by atoms with Crippen molar-refractivity contribution in [3.63, 3.8) is 0 Å². The zero-order valence-corrected chi connectivity index (χ0v) is 9.12. The molecule has 4 heteroatoms. The number of carbonyl (C=O) groups is 1. The van der Waals surface area contributed by atoms with Gasteiger partial charge in [0.25, 0.3) is 0 Å². The summed E-state index contributed by atoms with van der Waals surface area (Å²) < 4.78 is 13.5. The summed E-state index contributed by atoms with van der Waals surface area (Å²) in [6, 6.07) is 4.21. The first kappa shape index (κ1) is 11.9. The molecule has 0 bridgehead atoms. The molecule has 1 N–H and O–H groups in total. The standard InChI is InChI=1S/C11H14BFO2/c1-7(2)11(14)9-5-4-8(12(3)15)6-10(9)13/h4-7,15H,1-3H3. The number of benzene rings is 1. The molecule has 0 atom stereocenters. The van der Waals surface area contributed by atoms with Crippen molar-refractivity contribution in [2.24, 2.45) is 5.92 Å². The minimum absolute atomic E-state index is 0.0920. The first-order valence-electron chi connectivity index (χ1n) is 4.95. The van der Waals surface area contributed by atoms with Gasteiger partial charge < -0.3 is 5.02 Å². The van der Waals surface area contributed by atoms with E-state index in [0.717, 1.165) is 0 Å². The van der Waals surface area contributed by atoms with Crippen molar-refractivity contribution >= 4 is 18.2 Å². The highest BCUT2D eigenvalue weighted by atomic mass is 19.1. The van der Waals surface area contributed by atoms with Crippen LogP contribution in [0.3, 0.4) is 0 Å². The highest BCUT2D eigenvalue weighted by Crippen LogP contribution is 2.11. The zero-order valence-electron chi connectivity index (χ0n) is 9.12. The van der Waals surface area contributed by atoms with Gasteiger partial charge in [0.15, 0.2) is 5.78 Å². The van der Waals surface area contributed by atoms with Gasteiger partial charge in [0.1, 0.15) is 5.82 Å². The first-order valence-corrected chi connectivity index (χ1v) is 4.95. The molecule has 0 aliphatic rings. The number of rotatable bonds is 3. The lowest BCUT2D eigenvalue weighted by Crippen LogP contribution is -2.27.